The third kappa shape index (κ3) is 4.33. The van der Waals surface area contributed by atoms with Crippen molar-refractivity contribution in [2.45, 2.75) is 30.9 Å². The molecule has 2 N–H and O–H groups in total. The monoisotopic (exact) mass is 489 g/mol. The van der Waals surface area contributed by atoms with E-state index >= 15 is 0 Å². The highest BCUT2D eigenvalue weighted by molar-refractivity contribution is 6.20. The van der Waals surface area contributed by atoms with Crippen LogP contribution < -0.4 is 10.1 Å². The number of nitrogens with one attached hydrogen (secondary N) is 2. The van der Waals surface area contributed by atoms with Crippen LogP contribution in [0.25, 0.3) is 22.3 Å². The average Bonchev–Trinajstić information content (AvgIpc) is 3.46. The van der Waals surface area contributed by atoms with Gasteiger partial charge in [0.15, 0.2) is 0 Å². The van der Waals surface area contributed by atoms with Gasteiger partial charge in [-0.05, 0) is 55.3 Å². The maximum absolute atomic E-state index is 13.8. The first-order valence-corrected chi connectivity index (χ1v) is 11.0. The smallest absolute Gasteiger partial charge is 0.420 e. The maximum atomic E-state index is 13.8. The number of carbonyl (C=O) groups excluding carboxylic acids is 1. The molecule has 0 spiro atoms. The molecule has 1 amide bonds. The fourth-order valence-corrected chi connectivity index (χ4v) is 4.39. The molecule has 0 unspecified atom stereocenters. The highest BCUT2D eigenvalue weighted by Crippen LogP contribution is 2.36. The van der Waals surface area contributed by atoms with Crippen molar-refractivity contribution < 1.29 is 22.7 Å². The summed E-state index contributed by atoms with van der Waals surface area (Å²) >= 11 is 4.77. The number of aromatic nitrogens is 4. The molecule has 3 heterocycles. The van der Waals surface area contributed by atoms with E-state index in [1.54, 1.807) is 24.4 Å². The van der Waals surface area contributed by atoms with Gasteiger partial charge in [0.25, 0.3) is 5.91 Å². The number of hydrogen-bond acceptors (Lipinski definition) is 4. The molecule has 0 saturated heterocycles. The number of imidazole rings is 1. The summed E-state index contributed by atoms with van der Waals surface area (Å²) in [5.41, 5.74) is -0.422. The van der Waals surface area contributed by atoms with Crippen molar-refractivity contribution in [2.75, 3.05) is 12.0 Å². The molecule has 0 radical (unpaired) electrons. The summed E-state index contributed by atoms with van der Waals surface area (Å²) < 4.78 is 45.6. The lowest BCUT2D eigenvalue weighted by Crippen LogP contribution is -2.19. The lowest BCUT2D eigenvalue weighted by atomic mass is 10.0. The molecule has 11 heteroatoms. The number of H-pyrrole nitrogens is 1. The van der Waals surface area contributed by atoms with E-state index < -0.39 is 18.1 Å². The summed E-state index contributed by atoms with van der Waals surface area (Å²) in [5, 5.41) is 9.66. The van der Waals surface area contributed by atoms with Gasteiger partial charge in [-0.2, -0.15) is 5.10 Å². The van der Waals surface area contributed by atoms with Crippen LogP contribution in [0.2, 0.25) is 0 Å². The molecule has 5 rings (SSSR count). The number of aromatic amines is 1. The number of anilines is 1. The molecular formula is C23H19ClF3N5O2. The van der Waals surface area contributed by atoms with Crippen molar-refractivity contribution in [1.29, 1.82) is 0 Å². The molecule has 1 aliphatic rings. The molecule has 176 valence electrons. The first-order valence-electron chi connectivity index (χ1n) is 10.6. The van der Waals surface area contributed by atoms with E-state index in [0.29, 0.717) is 28.0 Å². The van der Waals surface area contributed by atoms with Crippen LogP contribution in [0.4, 0.5) is 18.9 Å². The molecule has 34 heavy (non-hydrogen) atoms. The Labute approximate surface area is 196 Å². The van der Waals surface area contributed by atoms with Crippen LogP contribution in [0.15, 0.2) is 48.7 Å². The van der Waals surface area contributed by atoms with Gasteiger partial charge in [-0.1, -0.05) is 0 Å². The van der Waals surface area contributed by atoms with Crippen LogP contribution in [0.5, 0.6) is 5.75 Å². The number of rotatable bonds is 6. The topological polar surface area (TPSA) is 84.8 Å². The Hall–Kier alpha value is -3.53. The fraction of sp³-hybridized carbons (Fsp3) is 0.261. The number of halogens is 4. The Kier molecular flexibility index (Phi) is 5.68. The van der Waals surface area contributed by atoms with Crippen LogP contribution in [0, 0.1) is 0 Å². The Bertz CT molecular complexity index is 1330. The van der Waals surface area contributed by atoms with Gasteiger partial charge in [0, 0.05) is 41.0 Å². The number of hydrogen-bond donors (Lipinski definition) is 2. The van der Waals surface area contributed by atoms with Gasteiger partial charge in [-0.25, -0.2) is 9.37 Å². The number of aryl methyl sites for hydroxylation is 1. The Morgan fingerprint density at radius 3 is 2.74 bits per heavy atom. The molecule has 0 saturated carbocycles. The fourth-order valence-electron chi connectivity index (χ4n) is 4.31. The summed E-state index contributed by atoms with van der Waals surface area (Å²) in [6.45, 7) is -0.502. The summed E-state index contributed by atoms with van der Waals surface area (Å²) in [5.74, 6) is 0.216. The predicted molar refractivity (Wildman–Crippen MR) is 121 cm³/mol. The molecule has 4 aromatic rings. The van der Waals surface area contributed by atoms with E-state index in [4.69, 9.17) is 16.6 Å². The molecule has 7 nitrogen and oxygen atoms in total. The number of nitrogens with zero attached hydrogens (tertiary/aromatic N) is 3. The molecule has 0 bridgehead atoms. The highest BCUT2D eigenvalue weighted by Gasteiger charge is 2.28. The van der Waals surface area contributed by atoms with E-state index in [1.807, 2.05) is 4.57 Å². The third-order valence-corrected chi connectivity index (χ3v) is 5.82. The standard InChI is InChI=1S/C23H19ClF3N5O2/c24-23(26,27)34-16-6-4-14(5-7-16)29-22(33)13-10-17(18-8-9-28-31-18)21-19(11-13)30-20-3-1-2-15(12-25)32(20)21/h4-11,15H,1-3,12H2,(H,28,31)(H,29,33)/t15-/m0/s1. The minimum Gasteiger partial charge on any atom is -0.420 e. The molecule has 0 aliphatic carbocycles. The normalized spacial score (nSPS) is 15.8. The highest BCUT2D eigenvalue weighted by atomic mass is 35.5. The molecular weight excluding hydrogens is 471 g/mol. The van der Waals surface area contributed by atoms with Gasteiger partial charge in [-0.15, -0.1) is 8.78 Å². The van der Waals surface area contributed by atoms with Gasteiger partial charge in [0.2, 0.25) is 0 Å². The minimum atomic E-state index is -3.83. The van der Waals surface area contributed by atoms with E-state index in [2.05, 4.69) is 20.3 Å². The summed E-state index contributed by atoms with van der Waals surface area (Å²) in [6.07, 6.45) is 3.89. The third-order valence-electron chi connectivity index (χ3n) is 5.74. The number of carbonyl (C=O) groups is 1. The molecule has 0 fully saturated rings. The summed E-state index contributed by atoms with van der Waals surface area (Å²) in [7, 11) is 0. The minimum absolute atomic E-state index is 0.146. The zero-order valence-electron chi connectivity index (χ0n) is 17.7. The van der Waals surface area contributed by atoms with Crippen molar-refractivity contribution in [2.24, 2.45) is 0 Å². The zero-order valence-corrected chi connectivity index (χ0v) is 18.5. The summed E-state index contributed by atoms with van der Waals surface area (Å²) in [6, 6.07) is 10.2. The number of fused-ring (bicyclic) bond motifs is 3. The van der Waals surface area contributed by atoms with Crippen molar-refractivity contribution in [3.8, 4) is 17.0 Å². The van der Waals surface area contributed by atoms with Crippen LogP contribution in [0.3, 0.4) is 0 Å². The Morgan fingerprint density at radius 2 is 2.06 bits per heavy atom. The number of amides is 1. The van der Waals surface area contributed by atoms with Gasteiger partial charge >= 0.3 is 5.57 Å². The van der Waals surface area contributed by atoms with Crippen LogP contribution in [0.1, 0.15) is 35.1 Å². The van der Waals surface area contributed by atoms with E-state index in [0.717, 1.165) is 30.6 Å². The maximum Gasteiger partial charge on any atom is 0.487 e. The van der Waals surface area contributed by atoms with E-state index in [1.165, 1.54) is 24.3 Å². The van der Waals surface area contributed by atoms with Gasteiger partial charge in [-0.3, -0.25) is 9.89 Å². The zero-order chi connectivity index (χ0) is 23.9. The average molecular weight is 490 g/mol. The van der Waals surface area contributed by atoms with Crippen molar-refractivity contribution in [3.05, 3.63) is 60.0 Å². The number of ether oxygens (including phenoxy) is 1. The van der Waals surface area contributed by atoms with E-state index in [-0.39, 0.29) is 11.8 Å². The van der Waals surface area contributed by atoms with Gasteiger partial charge in [0.05, 0.1) is 22.8 Å². The molecule has 1 aliphatic heterocycles. The van der Waals surface area contributed by atoms with Gasteiger partial charge in [0.1, 0.15) is 18.2 Å². The second-order valence-corrected chi connectivity index (χ2v) is 8.43. The lowest BCUT2D eigenvalue weighted by molar-refractivity contribution is -0.0964. The van der Waals surface area contributed by atoms with Crippen molar-refractivity contribution in [1.82, 2.24) is 19.7 Å². The first kappa shape index (κ1) is 22.3. The second-order valence-electron chi connectivity index (χ2n) is 7.99. The van der Waals surface area contributed by atoms with E-state index in [9.17, 15) is 18.0 Å². The summed E-state index contributed by atoms with van der Waals surface area (Å²) in [4.78, 5) is 17.8. The molecule has 2 aromatic carbocycles. The van der Waals surface area contributed by atoms with Crippen LogP contribution >= 0.6 is 11.6 Å². The SMILES string of the molecule is O=C(Nc1ccc(OC(F)(F)Cl)cc1)c1cc(-c2ccn[nH]2)c2c(c1)nc1n2[C@H](CF)CCC1. The Morgan fingerprint density at radius 1 is 1.26 bits per heavy atom. The van der Waals surface area contributed by atoms with Crippen LogP contribution in [-0.2, 0) is 6.42 Å². The van der Waals surface area contributed by atoms with Crippen molar-refractivity contribution >= 4 is 34.2 Å². The number of alkyl halides is 4. The predicted octanol–water partition coefficient (Wildman–Crippen LogP) is 5.69. The van der Waals surface area contributed by atoms with Gasteiger partial charge < -0.3 is 14.6 Å². The largest absolute Gasteiger partial charge is 0.487 e. The first-order chi connectivity index (χ1) is 16.3. The Balaban J connectivity index is 1.51. The lowest BCUT2D eigenvalue weighted by Gasteiger charge is -2.24. The number of benzene rings is 2. The second kappa shape index (κ2) is 8.68. The molecule has 1 atom stereocenters. The quantitative estimate of drug-likeness (QED) is 0.341. The van der Waals surface area contributed by atoms with Crippen LogP contribution in [-0.4, -0.2) is 37.9 Å². The van der Waals surface area contributed by atoms with Crippen molar-refractivity contribution in [3.63, 3.8) is 0 Å². The molecule has 2 aromatic heterocycles.